The minimum atomic E-state index is 0.632. The van der Waals surface area contributed by atoms with Crippen molar-refractivity contribution in [1.82, 2.24) is 5.32 Å². The third-order valence-corrected chi connectivity index (χ3v) is 3.04. The maximum absolute atomic E-state index is 5.93. The average molecular weight is 246 g/mol. The van der Waals surface area contributed by atoms with Gasteiger partial charge in [-0.3, -0.25) is 0 Å². The molecule has 0 spiro atoms. The van der Waals surface area contributed by atoms with Crippen LogP contribution in [-0.2, 0) is 6.42 Å². The summed E-state index contributed by atoms with van der Waals surface area (Å²) in [6, 6.07) is 5.86. The molecule has 15 heavy (non-hydrogen) atoms. The van der Waals surface area contributed by atoms with Gasteiger partial charge in [-0.05, 0) is 50.0 Å². The summed E-state index contributed by atoms with van der Waals surface area (Å²) in [7, 11) is 0. The smallest absolute Gasteiger partial charge is 0.0595 e. The Morgan fingerprint density at radius 3 is 2.60 bits per heavy atom. The monoisotopic (exact) mass is 245 g/mol. The van der Waals surface area contributed by atoms with Gasteiger partial charge >= 0.3 is 0 Å². The van der Waals surface area contributed by atoms with Crippen LogP contribution in [0.1, 0.15) is 25.3 Å². The molecule has 1 aromatic carbocycles. The first kappa shape index (κ1) is 12.8. The van der Waals surface area contributed by atoms with Crippen LogP contribution in [0.25, 0.3) is 0 Å². The van der Waals surface area contributed by atoms with Crippen LogP contribution in [0.2, 0.25) is 10.0 Å². The van der Waals surface area contributed by atoms with Crippen LogP contribution in [0.4, 0.5) is 0 Å². The van der Waals surface area contributed by atoms with Crippen molar-refractivity contribution < 1.29 is 0 Å². The molecule has 0 fully saturated rings. The molecule has 1 N–H and O–H groups in total. The summed E-state index contributed by atoms with van der Waals surface area (Å²) in [5.41, 5.74) is 1.26. The maximum Gasteiger partial charge on any atom is 0.0595 e. The van der Waals surface area contributed by atoms with Crippen LogP contribution in [0, 0.1) is 0 Å². The molecular formula is C12H17Cl2N. The van der Waals surface area contributed by atoms with Crippen LogP contribution in [0.5, 0.6) is 0 Å². The molecule has 1 nitrogen and oxygen atoms in total. The van der Waals surface area contributed by atoms with Crippen molar-refractivity contribution in [3.8, 4) is 0 Å². The predicted octanol–water partition coefficient (Wildman–Crippen LogP) is 3.93. The van der Waals surface area contributed by atoms with E-state index in [2.05, 4.69) is 12.2 Å². The molecule has 1 aromatic rings. The Kier molecular flexibility index (Phi) is 6.07. The minimum Gasteiger partial charge on any atom is -0.317 e. The average Bonchev–Trinajstić information content (AvgIpc) is 2.23. The molecule has 0 bridgehead atoms. The lowest BCUT2D eigenvalue weighted by molar-refractivity contribution is 0.641. The quantitative estimate of drug-likeness (QED) is 0.750. The SMILES string of the molecule is CCNCCCCc1ccc(Cl)c(Cl)c1. The summed E-state index contributed by atoms with van der Waals surface area (Å²) in [6.07, 6.45) is 3.46. The van der Waals surface area contributed by atoms with E-state index in [1.807, 2.05) is 18.2 Å². The van der Waals surface area contributed by atoms with E-state index >= 15 is 0 Å². The van der Waals surface area contributed by atoms with Gasteiger partial charge in [0.1, 0.15) is 0 Å². The Balaban J connectivity index is 2.28. The summed E-state index contributed by atoms with van der Waals surface area (Å²) in [4.78, 5) is 0. The zero-order valence-electron chi connectivity index (χ0n) is 9.02. The molecule has 3 heteroatoms. The van der Waals surface area contributed by atoms with Gasteiger partial charge in [-0.15, -0.1) is 0 Å². The first-order valence-electron chi connectivity index (χ1n) is 5.38. The molecule has 0 saturated heterocycles. The second-order valence-electron chi connectivity index (χ2n) is 3.56. The van der Waals surface area contributed by atoms with Gasteiger partial charge in [0.15, 0.2) is 0 Å². The molecule has 0 saturated carbocycles. The van der Waals surface area contributed by atoms with Gasteiger partial charge in [0.05, 0.1) is 10.0 Å². The predicted molar refractivity (Wildman–Crippen MR) is 67.9 cm³/mol. The van der Waals surface area contributed by atoms with E-state index in [9.17, 15) is 0 Å². The molecule has 0 amide bonds. The Morgan fingerprint density at radius 1 is 1.13 bits per heavy atom. The molecule has 0 radical (unpaired) electrons. The highest BCUT2D eigenvalue weighted by Crippen LogP contribution is 2.23. The number of nitrogens with one attached hydrogen (secondary N) is 1. The summed E-state index contributed by atoms with van der Waals surface area (Å²) in [5.74, 6) is 0. The third-order valence-electron chi connectivity index (χ3n) is 2.30. The standard InChI is InChI=1S/C12H17Cl2N/c1-2-15-8-4-3-5-10-6-7-11(13)12(14)9-10/h6-7,9,15H,2-5,8H2,1H3. The van der Waals surface area contributed by atoms with E-state index < -0.39 is 0 Å². The number of hydrogen-bond acceptors (Lipinski definition) is 1. The van der Waals surface area contributed by atoms with Crippen molar-refractivity contribution in [1.29, 1.82) is 0 Å². The van der Waals surface area contributed by atoms with Crippen LogP contribution >= 0.6 is 23.2 Å². The molecule has 0 aliphatic heterocycles. The highest BCUT2D eigenvalue weighted by Gasteiger charge is 1.99. The van der Waals surface area contributed by atoms with Gasteiger partial charge in [-0.2, -0.15) is 0 Å². The zero-order chi connectivity index (χ0) is 11.1. The van der Waals surface area contributed by atoms with Gasteiger partial charge in [0, 0.05) is 0 Å². The number of rotatable bonds is 6. The van der Waals surface area contributed by atoms with Crippen molar-refractivity contribution >= 4 is 23.2 Å². The van der Waals surface area contributed by atoms with Gasteiger partial charge < -0.3 is 5.32 Å². The lowest BCUT2D eigenvalue weighted by Crippen LogP contribution is -2.13. The number of benzene rings is 1. The van der Waals surface area contributed by atoms with E-state index in [0.717, 1.165) is 19.5 Å². The van der Waals surface area contributed by atoms with Gasteiger partial charge in [0.2, 0.25) is 0 Å². The minimum absolute atomic E-state index is 0.632. The molecule has 0 heterocycles. The Morgan fingerprint density at radius 2 is 1.93 bits per heavy atom. The lowest BCUT2D eigenvalue weighted by Gasteiger charge is -2.04. The van der Waals surface area contributed by atoms with Crippen LogP contribution in [0.3, 0.4) is 0 Å². The summed E-state index contributed by atoms with van der Waals surface area (Å²) >= 11 is 11.8. The lowest BCUT2D eigenvalue weighted by atomic mass is 10.1. The van der Waals surface area contributed by atoms with Crippen molar-refractivity contribution in [3.05, 3.63) is 33.8 Å². The van der Waals surface area contributed by atoms with Gasteiger partial charge in [-0.25, -0.2) is 0 Å². The zero-order valence-corrected chi connectivity index (χ0v) is 10.5. The van der Waals surface area contributed by atoms with E-state index in [-0.39, 0.29) is 0 Å². The van der Waals surface area contributed by atoms with E-state index in [0.29, 0.717) is 10.0 Å². The number of halogens is 2. The Bertz CT molecular complexity index is 300. The van der Waals surface area contributed by atoms with Gasteiger partial charge in [-0.1, -0.05) is 36.2 Å². The fourth-order valence-electron chi connectivity index (χ4n) is 1.45. The first-order valence-corrected chi connectivity index (χ1v) is 6.14. The Hall–Kier alpha value is -0.240. The normalized spacial score (nSPS) is 10.6. The van der Waals surface area contributed by atoms with Crippen LogP contribution in [-0.4, -0.2) is 13.1 Å². The Labute approximate surface area is 102 Å². The second-order valence-corrected chi connectivity index (χ2v) is 4.37. The largest absolute Gasteiger partial charge is 0.317 e. The highest BCUT2D eigenvalue weighted by atomic mass is 35.5. The molecule has 0 atom stereocenters. The molecule has 0 aliphatic carbocycles. The summed E-state index contributed by atoms with van der Waals surface area (Å²) < 4.78 is 0. The van der Waals surface area contributed by atoms with Gasteiger partial charge in [0.25, 0.3) is 0 Å². The summed E-state index contributed by atoms with van der Waals surface area (Å²) in [6.45, 7) is 4.27. The van der Waals surface area contributed by atoms with Crippen molar-refractivity contribution in [2.75, 3.05) is 13.1 Å². The second kappa shape index (κ2) is 7.10. The van der Waals surface area contributed by atoms with Crippen LogP contribution in [0.15, 0.2) is 18.2 Å². The highest BCUT2D eigenvalue weighted by molar-refractivity contribution is 6.42. The molecule has 84 valence electrons. The van der Waals surface area contributed by atoms with E-state index in [1.54, 1.807) is 0 Å². The topological polar surface area (TPSA) is 12.0 Å². The van der Waals surface area contributed by atoms with Crippen molar-refractivity contribution in [3.63, 3.8) is 0 Å². The molecule has 0 aliphatic rings. The molecule has 0 unspecified atom stereocenters. The number of unbranched alkanes of at least 4 members (excludes halogenated alkanes) is 1. The molecule has 0 aromatic heterocycles. The number of hydrogen-bond donors (Lipinski definition) is 1. The van der Waals surface area contributed by atoms with Crippen LogP contribution < -0.4 is 5.32 Å². The molecular weight excluding hydrogens is 229 g/mol. The van der Waals surface area contributed by atoms with Crippen molar-refractivity contribution in [2.24, 2.45) is 0 Å². The fourth-order valence-corrected chi connectivity index (χ4v) is 1.77. The van der Waals surface area contributed by atoms with Crippen molar-refractivity contribution in [2.45, 2.75) is 26.2 Å². The number of aryl methyl sites for hydroxylation is 1. The summed E-state index contributed by atoms with van der Waals surface area (Å²) in [5, 5.41) is 4.59. The third kappa shape index (κ3) is 4.87. The first-order chi connectivity index (χ1) is 7.24. The van der Waals surface area contributed by atoms with E-state index in [1.165, 1.54) is 18.4 Å². The fraction of sp³-hybridized carbons (Fsp3) is 0.500. The molecule has 1 rings (SSSR count). The van der Waals surface area contributed by atoms with E-state index in [4.69, 9.17) is 23.2 Å². The maximum atomic E-state index is 5.93.